The highest BCUT2D eigenvalue weighted by Crippen LogP contribution is 2.19. The Bertz CT molecular complexity index is 981. The van der Waals surface area contributed by atoms with Crippen LogP contribution >= 0.6 is 0 Å². The van der Waals surface area contributed by atoms with Crippen molar-refractivity contribution in [2.75, 3.05) is 18.5 Å². The molecule has 0 saturated heterocycles. The van der Waals surface area contributed by atoms with Gasteiger partial charge in [-0.1, -0.05) is 35.4 Å². The minimum atomic E-state index is -0.649. The molecule has 0 atom stereocenters. The molecule has 2 aromatic carbocycles. The highest BCUT2D eigenvalue weighted by Gasteiger charge is 2.12. The maximum atomic E-state index is 11.9. The molecule has 0 spiro atoms. The number of amides is 1. The Morgan fingerprint density at radius 2 is 1.83 bits per heavy atom. The Labute approximate surface area is 167 Å². The Kier molecular flexibility index (Phi) is 6.72. The van der Waals surface area contributed by atoms with Crippen LogP contribution in [0.1, 0.15) is 12.5 Å². The fourth-order valence-electron chi connectivity index (χ4n) is 2.32. The number of ether oxygens (including phenoxy) is 2. The first-order chi connectivity index (χ1) is 14.1. The zero-order valence-corrected chi connectivity index (χ0v) is 15.7. The lowest BCUT2D eigenvalue weighted by atomic mass is 10.2. The highest BCUT2D eigenvalue weighted by molar-refractivity contribution is 5.93. The van der Waals surface area contributed by atoms with E-state index in [0.29, 0.717) is 6.61 Å². The third-order valence-electron chi connectivity index (χ3n) is 3.64. The molecule has 0 radical (unpaired) electrons. The molecule has 0 unspecified atom stereocenters. The number of carbonyl (C=O) groups excluding carboxylic acids is 2. The summed E-state index contributed by atoms with van der Waals surface area (Å²) in [7, 11) is 0. The molecule has 3 rings (SSSR count). The first-order valence-electron chi connectivity index (χ1n) is 8.90. The lowest BCUT2D eigenvalue weighted by Gasteiger charge is -2.03. The van der Waals surface area contributed by atoms with Crippen LogP contribution in [0.15, 0.2) is 65.1 Å². The minimum absolute atomic E-state index is 0.0742. The van der Waals surface area contributed by atoms with Gasteiger partial charge in [-0.25, -0.2) is 4.79 Å². The van der Waals surface area contributed by atoms with Crippen LogP contribution in [-0.4, -0.2) is 35.3 Å². The molecule has 1 heterocycles. The zero-order chi connectivity index (χ0) is 20.5. The first-order valence-corrected chi connectivity index (χ1v) is 8.90. The normalized spacial score (nSPS) is 10.7. The summed E-state index contributed by atoms with van der Waals surface area (Å²) in [5, 5.41) is 9.98. The van der Waals surface area contributed by atoms with Gasteiger partial charge in [0.2, 0.25) is 5.89 Å². The van der Waals surface area contributed by atoms with Crippen LogP contribution < -0.4 is 10.1 Å². The smallest absolute Gasteiger partial charge is 0.331 e. The number of carbonyl (C=O) groups is 2. The molecule has 148 valence electrons. The topological polar surface area (TPSA) is 104 Å². The van der Waals surface area contributed by atoms with Crippen LogP contribution in [0, 0.1) is 0 Å². The van der Waals surface area contributed by atoms with Crippen molar-refractivity contribution in [1.82, 2.24) is 10.2 Å². The van der Waals surface area contributed by atoms with E-state index in [0.717, 1.165) is 16.9 Å². The van der Waals surface area contributed by atoms with Crippen LogP contribution in [0.3, 0.4) is 0 Å². The Hall–Kier alpha value is -3.94. The molecule has 8 nitrogen and oxygen atoms in total. The molecule has 0 fully saturated rings. The third-order valence-corrected chi connectivity index (χ3v) is 3.64. The standard InChI is InChI=1S/C21H19N3O5/c1-2-27-17-11-8-15(9-12-17)10-13-19(26)28-14-18(25)22-21-24-23-20(29-21)16-6-4-3-5-7-16/h3-13H,2,14H2,1H3,(H,22,24,25)/b13-10+. The van der Waals surface area contributed by atoms with Crippen molar-refractivity contribution in [3.63, 3.8) is 0 Å². The van der Waals surface area contributed by atoms with Gasteiger partial charge >= 0.3 is 12.0 Å². The summed E-state index contributed by atoms with van der Waals surface area (Å²) in [4.78, 5) is 23.6. The lowest BCUT2D eigenvalue weighted by Crippen LogP contribution is -2.20. The van der Waals surface area contributed by atoms with E-state index in [1.165, 1.54) is 6.08 Å². The molecular weight excluding hydrogens is 374 g/mol. The lowest BCUT2D eigenvalue weighted by molar-refractivity contribution is -0.142. The molecule has 1 aromatic heterocycles. The van der Waals surface area contributed by atoms with Gasteiger partial charge in [-0.2, -0.15) is 0 Å². The van der Waals surface area contributed by atoms with Crippen molar-refractivity contribution in [2.45, 2.75) is 6.92 Å². The summed E-state index contributed by atoms with van der Waals surface area (Å²) in [6, 6.07) is 16.3. The number of nitrogens with zero attached hydrogens (tertiary/aromatic N) is 2. The van der Waals surface area contributed by atoms with Crippen molar-refractivity contribution in [1.29, 1.82) is 0 Å². The molecule has 0 saturated carbocycles. The summed E-state index contributed by atoms with van der Waals surface area (Å²) in [5.74, 6) is -0.211. The molecule has 8 heteroatoms. The number of hydrogen-bond donors (Lipinski definition) is 1. The number of benzene rings is 2. The second-order valence-corrected chi connectivity index (χ2v) is 5.77. The quantitative estimate of drug-likeness (QED) is 0.462. The second-order valence-electron chi connectivity index (χ2n) is 5.77. The van der Waals surface area contributed by atoms with E-state index in [9.17, 15) is 9.59 Å². The van der Waals surface area contributed by atoms with E-state index in [4.69, 9.17) is 13.9 Å². The molecule has 1 N–H and O–H groups in total. The van der Waals surface area contributed by atoms with E-state index in [1.54, 1.807) is 42.5 Å². The average Bonchev–Trinajstić information content (AvgIpc) is 3.21. The molecule has 1 amide bonds. The summed E-state index contributed by atoms with van der Waals surface area (Å²) in [5.41, 5.74) is 1.53. The van der Waals surface area contributed by atoms with Gasteiger partial charge < -0.3 is 13.9 Å². The van der Waals surface area contributed by atoms with Gasteiger partial charge in [-0.3, -0.25) is 10.1 Å². The van der Waals surface area contributed by atoms with Crippen LogP contribution in [0.2, 0.25) is 0 Å². The number of nitrogens with one attached hydrogen (secondary N) is 1. The molecule has 0 aliphatic rings. The van der Waals surface area contributed by atoms with Crippen molar-refractivity contribution < 1.29 is 23.5 Å². The zero-order valence-electron chi connectivity index (χ0n) is 15.7. The molecular formula is C21H19N3O5. The van der Waals surface area contributed by atoms with Crippen LogP contribution in [-0.2, 0) is 14.3 Å². The minimum Gasteiger partial charge on any atom is -0.494 e. The molecule has 0 aliphatic heterocycles. The summed E-state index contributed by atoms with van der Waals surface area (Å²) >= 11 is 0. The van der Waals surface area contributed by atoms with E-state index in [2.05, 4.69) is 15.5 Å². The highest BCUT2D eigenvalue weighted by atomic mass is 16.5. The monoisotopic (exact) mass is 393 g/mol. The van der Waals surface area contributed by atoms with Crippen molar-refractivity contribution in [2.24, 2.45) is 0 Å². The summed E-state index contributed by atoms with van der Waals surface area (Å²) < 4.78 is 15.6. The Morgan fingerprint density at radius 3 is 2.55 bits per heavy atom. The van der Waals surface area contributed by atoms with Gasteiger partial charge in [-0.15, -0.1) is 5.10 Å². The fourth-order valence-corrected chi connectivity index (χ4v) is 2.32. The van der Waals surface area contributed by atoms with Crippen LogP contribution in [0.5, 0.6) is 5.75 Å². The van der Waals surface area contributed by atoms with Crippen LogP contribution in [0.25, 0.3) is 17.5 Å². The maximum Gasteiger partial charge on any atom is 0.331 e. The predicted molar refractivity (Wildman–Crippen MR) is 106 cm³/mol. The number of esters is 1. The maximum absolute atomic E-state index is 11.9. The molecule has 0 aliphatic carbocycles. The van der Waals surface area contributed by atoms with Gasteiger partial charge in [0.05, 0.1) is 6.61 Å². The Balaban J connectivity index is 1.45. The fraction of sp³-hybridized carbons (Fsp3) is 0.143. The van der Waals surface area contributed by atoms with E-state index >= 15 is 0 Å². The summed E-state index contributed by atoms with van der Waals surface area (Å²) in [6.45, 7) is 2.01. The molecule has 29 heavy (non-hydrogen) atoms. The largest absolute Gasteiger partial charge is 0.494 e. The predicted octanol–water partition coefficient (Wildman–Crippen LogP) is 3.33. The van der Waals surface area contributed by atoms with Gasteiger partial charge in [0.25, 0.3) is 5.91 Å². The van der Waals surface area contributed by atoms with Crippen LogP contribution in [0.4, 0.5) is 6.01 Å². The third kappa shape index (κ3) is 6.03. The van der Waals surface area contributed by atoms with Crippen molar-refractivity contribution >= 4 is 24.0 Å². The number of hydrogen-bond acceptors (Lipinski definition) is 7. The summed E-state index contributed by atoms with van der Waals surface area (Å²) in [6.07, 6.45) is 2.82. The first kappa shape index (κ1) is 19.8. The van der Waals surface area contributed by atoms with Gasteiger partial charge in [0.15, 0.2) is 6.61 Å². The van der Waals surface area contributed by atoms with E-state index < -0.39 is 18.5 Å². The second kappa shape index (κ2) is 9.84. The van der Waals surface area contributed by atoms with Crippen molar-refractivity contribution in [3.8, 4) is 17.2 Å². The van der Waals surface area contributed by atoms with Gasteiger partial charge in [0, 0.05) is 11.6 Å². The number of anilines is 1. The average molecular weight is 393 g/mol. The Morgan fingerprint density at radius 1 is 1.07 bits per heavy atom. The SMILES string of the molecule is CCOc1ccc(/C=C/C(=O)OCC(=O)Nc2nnc(-c3ccccc3)o2)cc1. The van der Waals surface area contributed by atoms with Crippen molar-refractivity contribution in [3.05, 3.63) is 66.2 Å². The van der Waals surface area contributed by atoms with Gasteiger partial charge in [0.1, 0.15) is 5.75 Å². The van der Waals surface area contributed by atoms with E-state index in [-0.39, 0.29) is 11.9 Å². The number of aromatic nitrogens is 2. The van der Waals surface area contributed by atoms with E-state index in [1.807, 2.05) is 25.1 Å². The molecule has 3 aromatic rings. The molecule has 0 bridgehead atoms. The number of rotatable bonds is 8. The van der Waals surface area contributed by atoms with Gasteiger partial charge in [-0.05, 0) is 42.8 Å².